The van der Waals surface area contributed by atoms with Gasteiger partial charge in [0.05, 0.1) is 5.56 Å². The van der Waals surface area contributed by atoms with Crippen molar-refractivity contribution >= 4 is 0 Å². The van der Waals surface area contributed by atoms with Gasteiger partial charge in [0.15, 0.2) is 0 Å². The van der Waals surface area contributed by atoms with Crippen LogP contribution in [-0.4, -0.2) is 5.11 Å². The molecule has 0 saturated carbocycles. The van der Waals surface area contributed by atoms with Crippen LogP contribution in [0.1, 0.15) is 44.7 Å². The lowest BCUT2D eigenvalue weighted by atomic mass is 9.83. The molecule has 136 valence electrons. The molecular formula is C22H21F3O. The summed E-state index contributed by atoms with van der Waals surface area (Å²) in [4.78, 5) is 0. The highest BCUT2D eigenvalue weighted by Crippen LogP contribution is 2.48. The molecule has 0 heterocycles. The molecule has 0 radical (unpaired) electrons. The van der Waals surface area contributed by atoms with Crippen molar-refractivity contribution in [3.63, 3.8) is 0 Å². The van der Waals surface area contributed by atoms with Gasteiger partial charge < -0.3 is 5.11 Å². The van der Waals surface area contributed by atoms with E-state index in [1.807, 2.05) is 12.1 Å². The van der Waals surface area contributed by atoms with Crippen LogP contribution in [-0.2, 0) is 6.18 Å². The molecule has 0 atom stereocenters. The van der Waals surface area contributed by atoms with E-state index in [0.717, 1.165) is 11.6 Å². The fraction of sp³-hybridized carbons (Fsp3) is 0.273. The summed E-state index contributed by atoms with van der Waals surface area (Å²) in [6, 6.07) is 11.1. The topological polar surface area (TPSA) is 20.2 Å². The molecule has 0 fully saturated rings. The maximum atomic E-state index is 13.2. The number of phenolic OH excluding ortho intramolecular Hbond substituents is 1. The van der Waals surface area contributed by atoms with Crippen molar-refractivity contribution in [1.29, 1.82) is 0 Å². The number of benzene rings is 2. The van der Waals surface area contributed by atoms with Crippen molar-refractivity contribution in [1.82, 2.24) is 0 Å². The molecule has 0 spiro atoms. The fourth-order valence-corrected chi connectivity index (χ4v) is 3.80. The van der Waals surface area contributed by atoms with Crippen molar-refractivity contribution in [3.8, 4) is 16.9 Å². The van der Waals surface area contributed by atoms with Gasteiger partial charge in [-0.2, -0.15) is 13.2 Å². The Balaban J connectivity index is 2.23. The zero-order valence-electron chi connectivity index (χ0n) is 15.2. The lowest BCUT2D eigenvalue weighted by Crippen LogP contribution is -2.06. The number of phenols is 1. The molecule has 0 amide bonds. The molecule has 0 aromatic heterocycles. The number of para-hydroxylation sites is 1. The minimum Gasteiger partial charge on any atom is -0.507 e. The average Bonchev–Trinajstić information content (AvgIpc) is 2.78. The quantitative estimate of drug-likeness (QED) is 0.622. The third kappa shape index (κ3) is 2.83. The van der Waals surface area contributed by atoms with E-state index in [9.17, 15) is 18.3 Å². The molecule has 1 aliphatic rings. The molecule has 2 aromatic carbocycles. The second-order valence-corrected chi connectivity index (χ2v) is 6.84. The van der Waals surface area contributed by atoms with Crippen molar-refractivity contribution in [2.75, 3.05) is 0 Å². The lowest BCUT2D eigenvalue weighted by molar-refractivity contribution is -0.138. The van der Waals surface area contributed by atoms with Crippen LogP contribution in [0, 0.1) is 0 Å². The fourth-order valence-electron chi connectivity index (χ4n) is 3.80. The van der Waals surface area contributed by atoms with Crippen molar-refractivity contribution in [2.24, 2.45) is 0 Å². The molecule has 0 bridgehead atoms. The number of halogens is 3. The Kier molecular flexibility index (Phi) is 4.47. The normalized spacial score (nSPS) is 16.0. The molecule has 0 saturated heterocycles. The third-order valence-corrected chi connectivity index (χ3v) is 5.51. The predicted octanol–water partition coefficient (Wildman–Crippen LogP) is 6.85. The first-order valence-electron chi connectivity index (χ1n) is 8.48. The van der Waals surface area contributed by atoms with E-state index in [0.29, 0.717) is 5.56 Å². The second-order valence-electron chi connectivity index (χ2n) is 6.84. The largest absolute Gasteiger partial charge is 0.507 e. The summed E-state index contributed by atoms with van der Waals surface area (Å²) in [5.41, 5.74) is 5.56. The Morgan fingerprint density at radius 1 is 0.769 bits per heavy atom. The second kappa shape index (κ2) is 6.35. The molecular weight excluding hydrogens is 337 g/mol. The van der Waals surface area contributed by atoms with Crippen LogP contribution in [0.2, 0.25) is 0 Å². The molecule has 1 aliphatic carbocycles. The maximum absolute atomic E-state index is 13.2. The summed E-state index contributed by atoms with van der Waals surface area (Å²) in [5, 5.41) is 10.3. The first kappa shape index (κ1) is 18.3. The highest BCUT2D eigenvalue weighted by Gasteiger charge is 2.35. The Bertz CT molecular complexity index is 909. The number of rotatable bonds is 2. The number of hydrogen-bond donors (Lipinski definition) is 1. The van der Waals surface area contributed by atoms with Gasteiger partial charge in [-0.05, 0) is 56.0 Å². The summed E-state index contributed by atoms with van der Waals surface area (Å²) >= 11 is 0. The van der Waals surface area contributed by atoms with Crippen LogP contribution in [0.3, 0.4) is 0 Å². The maximum Gasteiger partial charge on any atom is 0.419 e. The van der Waals surface area contributed by atoms with E-state index in [-0.39, 0.29) is 11.5 Å². The van der Waals surface area contributed by atoms with Gasteiger partial charge in [0.25, 0.3) is 0 Å². The van der Waals surface area contributed by atoms with Crippen LogP contribution in [0.25, 0.3) is 11.1 Å². The van der Waals surface area contributed by atoms with E-state index in [1.165, 1.54) is 34.4 Å². The Hall–Kier alpha value is -2.49. The van der Waals surface area contributed by atoms with E-state index < -0.39 is 17.5 Å². The van der Waals surface area contributed by atoms with Gasteiger partial charge in [-0.25, -0.2) is 0 Å². The highest BCUT2D eigenvalue weighted by atomic mass is 19.4. The predicted molar refractivity (Wildman–Crippen MR) is 98.0 cm³/mol. The Morgan fingerprint density at radius 3 is 1.88 bits per heavy atom. The molecule has 2 aromatic rings. The van der Waals surface area contributed by atoms with Crippen LogP contribution in [0.5, 0.6) is 5.75 Å². The van der Waals surface area contributed by atoms with Crippen molar-refractivity contribution < 1.29 is 18.3 Å². The van der Waals surface area contributed by atoms with Gasteiger partial charge in [0.2, 0.25) is 0 Å². The van der Waals surface area contributed by atoms with Crippen molar-refractivity contribution in [3.05, 3.63) is 75.9 Å². The smallest absolute Gasteiger partial charge is 0.419 e. The SMILES string of the molecule is CC1=C(C)C(c2ccccc2-c2cccc(C(F)(F)F)c2O)C(C)=C1C. The average molecular weight is 358 g/mol. The number of alkyl halides is 3. The number of allylic oxidation sites excluding steroid dienone is 4. The van der Waals surface area contributed by atoms with E-state index in [4.69, 9.17) is 0 Å². The summed E-state index contributed by atoms with van der Waals surface area (Å²) in [7, 11) is 0. The molecule has 0 aliphatic heterocycles. The molecule has 4 heteroatoms. The first-order valence-corrected chi connectivity index (χ1v) is 8.48. The van der Waals surface area contributed by atoms with Gasteiger partial charge in [-0.15, -0.1) is 0 Å². The standard InChI is InChI=1S/C22H21F3O/c1-12-13(2)15(4)20(14(12)3)17-9-6-5-8-16(17)18-10-7-11-19(21(18)26)22(23,24)25/h5-11,20,26H,1-4H3. The van der Waals surface area contributed by atoms with E-state index in [2.05, 4.69) is 27.7 Å². The number of hydrogen-bond acceptors (Lipinski definition) is 1. The van der Waals surface area contributed by atoms with Gasteiger partial charge in [0, 0.05) is 11.5 Å². The van der Waals surface area contributed by atoms with Gasteiger partial charge >= 0.3 is 6.18 Å². The zero-order chi connectivity index (χ0) is 19.2. The highest BCUT2D eigenvalue weighted by molar-refractivity contribution is 5.77. The molecule has 26 heavy (non-hydrogen) atoms. The summed E-state index contributed by atoms with van der Waals surface area (Å²) < 4.78 is 39.6. The summed E-state index contributed by atoms with van der Waals surface area (Å²) in [6.07, 6.45) is -4.60. The monoisotopic (exact) mass is 358 g/mol. The summed E-state index contributed by atoms with van der Waals surface area (Å²) in [5.74, 6) is -0.706. The molecule has 1 nitrogen and oxygen atoms in total. The molecule has 3 rings (SSSR count). The third-order valence-electron chi connectivity index (χ3n) is 5.51. The lowest BCUT2D eigenvalue weighted by Gasteiger charge is -2.21. The van der Waals surface area contributed by atoms with E-state index in [1.54, 1.807) is 12.1 Å². The van der Waals surface area contributed by atoms with Gasteiger partial charge in [0.1, 0.15) is 5.75 Å². The van der Waals surface area contributed by atoms with Crippen LogP contribution in [0.4, 0.5) is 13.2 Å². The van der Waals surface area contributed by atoms with E-state index >= 15 is 0 Å². The van der Waals surface area contributed by atoms with Gasteiger partial charge in [-0.3, -0.25) is 0 Å². The minimum absolute atomic E-state index is 0.0140. The van der Waals surface area contributed by atoms with Gasteiger partial charge in [-0.1, -0.05) is 47.5 Å². The number of aromatic hydroxyl groups is 1. The van der Waals surface area contributed by atoms with Crippen LogP contribution in [0.15, 0.2) is 64.8 Å². The minimum atomic E-state index is -4.60. The Morgan fingerprint density at radius 2 is 1.31 bits per heavy atom. The van der Waals surface area contributed by atoms with Crippen LogP contribution >= 0.6 is 0 Å². The van der Waals surface area contributed by atoms with Crippen molar-refractivity contribution in [2.45, 2.75) is 39.8 Å². The molecule has 0 unspecified atom stereocenters. The van der Waals surface area contributed by atoms with Crippen LogP contribution < -0.4 is 0 Å². The zero-order valence-corrected chi connectivity index (χ0v) is 15.2. The Labute approximate surface area is 151 Å². The first-order chi connectivity index (χ1) is 12.1. The molecule has 1 N–H and O–H groups in total. The summed E-state index contributed by atoms with van der Waals surface area (Å²) in [6.45, 7) is 8.25.